The van der Waals surface area contributed by atoms with E-state index >= 15 is 0 Å². The first-order valence-electron chi connectivity index (χ1n) is 4.28. The third-order valence-electron chi connectivity index (χ3n) is 2.19. The lowest BCUT2D eigenvalue weighted by atomic mass is 9.81. The normalized spacial score (nSPS) is 31.1. The van der Waals surface area contributed by atoms with E-state index in [4.69, 9.17) is 10.8 Å². The average molecular weight is 195 g/mol. The number of carboxylic acid groups (broad SMARTS) is 1. The highest BCUT2D eigenvalue weighted by atomic mass is 16.4. The Labute approximate surface area is 82.0 Å². The summed E-state index contributed by atoms with van der Waals surface area (Å²) in [5.41, 5.74) is 3.78. The highest BCUT2D eigenvalue weighted by Gasteiger charge is 2.37. The van der Waals surface area contributed by atoms with E-state index in [-0.39, 0.29) is 6.42 Å². The zero-order chi connectivity index (χ0) is 10.6. The maximum absolute atomic E-state index is 10.8. The lowest BCUT2D eigenvalue weighted by Crippen LogP contribution is -2.40. The Morgan fingerprint density at radius 2 is 2.29 bits per heavy atom. The van der Waals surface area contributed by atoms with Crippen LogP contribution in [0, 0.1) is 5.92 Å². The van der Waals surface area contributed by atoms with Crippen LogP contribution in [-0.4, -0.2) is 21.8 Å². The molecule has 1 aliphatic carbocycles. The van der Waals surface area contributed by atoms with Crippen molar-refractivity contribution in [2.45, 2.75) is 12.0 Å². The number of aliphatic carboxylic acids is 1. The van der Waals surface area contributed by atoms with Crippen LogP contribution in [0.3, 0.4) is 0 Å². The number of aliphatic hydroxyl groups is 1. The number of rotatable bonds is 3. The summed E-state index contributed by atoms with van der Waals surface area (Å²) in [6.45, 7) is 0. The predicted molar refractivity (Wildman–Crippen MR) is 52.3 cm³/mol. The second kappa shape index (κ2) is 4.11. The molecule has 1 rings (SSSR count). The molecule has 0 saturated heterocycles. The van der Waals surface area contributed by atoms with Crippen molar-refractivity contribution < 1.29 is 15.0 Å². The highest BCUT2D eigenvalue weighted by molar-refractivity contribution is 5.75. The van der Waals surface area contributed by atoms with Crippen LogP contribution in [0.1, 0.15) is 6.42 Å². The number of hydrogen-bond acceptors (Lipinski definition) is 3. The Kier molecular flexibility index (Phi) is 3.09. The van der Waals surface area contributed by atoms with Gasteiger partial charge in [-0.2, -0.15) is 0 Å². The van der Waals surface area contributed by atoms with Crippen molar-refractivity contribution in [1.29, 1.82) is 0 Å². The molecule has 4 nitrogen and oxygen atoms in total. The van der Waals surface area contributed by atoms with Gasteiger partial charge in [0.05, 0.1) is 0 Å². The fraction of sp³-hybridized carbons (Fsp3) is 0.300. The first kappa shape index (κ1) is 10.5. The van der Waals surface area contributed by atoms with E-state index in [1.165, 1.54) is 18.4 Å². The van der Waals surface area contributed by atoms with Crippen molar-refractivity contribution in [3.05, 3.63) is 36.6 Å². The second-order valence-corrected chi connectivity index (χ2v) is 3.18. The van der Waals surface area contributed by atoms with Crippen molar-refractivity contribution in [3.63, 3.8) is 0 Å². The van der Waals surface area contributed by atoms with Crippen LogP contribution in [0.4, 0.5) is 0 Å². The van der Waals surface area contributed by atoms with Gasteiger partial charge in [0.25, 0.3) is 0 Å². The molecule has 0 saturated carbocycles. The van der Waals surface area contributed by atoms with Crippen molar-refractivity contribution in [2.75, 3.05) is 0 Å². The van der Waals surface area contributed by atoms with Crippen LogP contribution in [0.2, 0.25) is 0 Å². The molecule has 0 aromatic heterocycles. The summed E-state index contributed by atoms with van der Waals surface area (Å²) in [6.07, 6.45) is 9.21. The van der Waals surface area contributed by atoms with Crippen LogP contribution in [0.15, 0.2) is 36.6 Å². The standard InChI is InChI=1S/C10H13NO3/c11-7-3-6-10(14)5-2-1-4-8(10)9(12)13/h1-5,7-8,14H,6,11H2,(H,12,13). The van der Waals surface area contributed by atoms with Gasteiger partial charge in [-0.25, -0.2) is 0 Å². The number of carboxylic acids is 1. The molecule has 2 atom stereocenters. The Morgan fingerprint density at radius 3 is 2.86 bits per heavy atom. The summed E-state index contributed by atoms with van der Waals surface area (Å²) in [4.78, 5) is 10.8. The fourth-order valence-electron chi connectivity index (χ4n) is 1.42. The first-order valence-corrected chi connectivity index (χ1v) is 4.28. The van der Waals surface area contributed by atoms with Gasteiger partial charge in [0.15, 0.2) is 0 Å². The number of nitrogens with two attached hydrogens (primary N) is 1. The SMILES string of the molecule is NC=CCC1(O)C=CC=CC1C(=O)O. The van der Waals surface area contributed by atoms with E-state index in [2.05, 4.69) is 0 Å². The zero-order valence-corrected chi connectivity index (χ0v) is 7.63. The van der Waals surface area contributed by atoms with Crippen LogP contribution >= 0.6 is 0 Å². The Hall–Kier alpha value is -1.55. The van der Waals surface area contributed by atoms with Gasteiger partial charge in [-0.15, -0.1) is 0 Å². The van der Waals surface area contributed by atoms with Crippen LogP contribution in [0.5, 0.6) is 0 Å². The molecule has 0 amide bonds. The number of allylic oxidation sites excluding steroid dienone is 2. The summed E-state index contributed by atoms with van der Waals surface area (Å²) in [5.74, 6) is -1.96. The monoisotopic (exact) mass is 195 g/mol. The summed E-state index contributed by atoms with van der Waals surface area (Å²) >= 11 is 0. The molecule has 0 radical (unpaired) electrons. The Balaban J connectivity index is 2.87. The number of hydrogen-bond donors (Lipinski definition) is 3. The smallest absolute Gasteiger partial charge is 0.313 e. The minimum atomic E-state index is -1.36. The first-order chi connectivity index (χ1) is 6.60. The minimum absolute atomic E-state index is 0.196. The van der Waals surface area contributed by atoms with E-state index in [0.29, 0.717) is 0 Å². The summed E-state index contributed by atoms with van der Waals surface area (Å²) in [6, 6.07) is 0. The second-order valence-electron chi connectivity index (χ2n) is 3.18. The van der Waals surface area contributed by atoms with E-state index in [0.717, 1.165) is 0 Å². The maximum Gasteiger partial charge on any atom is 0.313 e. The van der Waals surface area contributed by atoms with Crippen molar-refractivity contribution in [1.82, 2.24) is 0 Å². The molecule has 0 bridgehead atoms. The summed E-state index contributed by atoms with van der Waals surface area (Å²) < 4.78 is 0. The van der Waals surface area contributed by atoms with E-state index < -0.39 is 17.5 Å². The molecule has 0 heterocycles. The van der Waals surface area contributed by atoms with E-state index in [9.17, 15) is 9.90 Å². The molecular formula is C10H13NO3. The summed E-state index contributed by atoms with van der Waals surface area (Å²) in [5, 5.41) is 18.9. The molecule has 76 valence electrons. The molecule has 0 aromatic rings. The molecular weight excluding hydrogens is 182 g/mol. The van der Waals surface area contributed by atoms with Gasteiger partial charge in [-0.1, -0.05) is 30.4 Å². The maximum atomic E-state index is 10.8. The van der Waals surface area contributed by atoms with Crippen molar-refractivity contribution >= 4 is 5.97 Å². The topological polar surface area (TPSA) is 83.5 Å². The lowest BCUT2D eigenvalue weighted by Gasteiger charge is -2.29. The quantitative estimate of drug-likeness (QED) is 0.609. The fourth-order valence-corrected chi connectivity index (χ4v) is 1.42. The Morgan fingerprint density at radius 1 is 1.57 bits per heavy atom. The molecule has 14 heavy (non-hydrogen) atoms. The molecule has 0 aliphatic heterocycles. The predicted octanol–water partition coefficient (Wildman–Crippen LogP) is 0.407. The molecule has 0 fully saturated rings. The average Bonchev–Trinajstić information content (AvgIpc) is 2.15. The zero-order valence-electron chi connectivity index (χ0n) is 7.63. The largest absolute Gasteiger partial charge is 0.481 e. The third-order valence-corrected chi connectivity index (χ3v) is 2.19. The van der Waals surface area contributed by atoms with Crippen molar-refractivity contribution in [3.8, 4) is 0 Å². The summed E-state index contributed by atoms with van der Waals surface area (Å²) in [7, 11) is 0. The molecule has 0 spiro atoms. The van der Waals surface area contributed by atoms with Crippen LogP contribution < -0.4 is 5.73 Å². The highest BCUT2D eigenvalue weighted by Crippen LogP contribution is 2.28. The van der Waals surface area contributed by atoms with Crippen LogP contribution in [-0.2, 0) is 4.79 Å². The minimum Gasteiger partial charge on any atom is -0.481 e. The lowest BCUT2D eigenvalue weighted by molar-refractivity contribution is -0.146. The van der Waals surface area contributed by atoms with Crippen molar-refractivity contribution in [2.24, 2.45) is 11.7 Å². The molecule has 1 aliphatic rings. The van der Waals surface area contributed by atoms with E-state index in [1.807, 2.05) is 0 Å². The third kappa shape index (κ3) is 2.03. The van der Waals surface area contributed by atoms with Gasteiger partial charge in [0.2, 0.25) is 0 Å². The van der Waals surface area contributed by atoms with Gasteiger partial charge in [-0.3, -0.25) is 4.79 Å². The molecule has 4 heteroatoms. The van der Waals surface area contributed by atoms with Gasteiger partial charge in [0, 0.05) is 6.42 Å². The van der Waals surface area contributed by atoms with E-state index in [1.54, 1.807) is 18.2 Å². The molecule has 2 unspecified atom stereocenters. The molecule has 0 aromatic carbocycles. The van der Waals surface area contributed by atoms with Gasteiger partial charge < -0.3 is 15.9 Å². The Bertz CT molecular complexity index is 306. The van der Waals surface area contributed by atoms with Gasteiger partial charge >= 0.3 is 5.97 Å². The van der Waals surface area contributed by atoms with Gasteiger partial charge in [-0.05, 0) is 6.20 Å². The molecule has 4 N–H and O–H groups in total. The van der Waals surface area contributed by atoms with Gasteiger partial charge in [0.1, 0.15) is 11.5 Å². The van der Waals surface area contributed by atoms with Crippen LogP contribution in [0.25, 0.3) is 0 Å². The number of carbonyl (C=O) groups is 1.